The first-order valence-corrected chi connectivity index (χ1v) is 6.60. The van der Waals surface area contributed by atoms with E-state index in [9.17, 15) is 0 Å². The van der Waals surface area contributed by atoms with E-state index in [2.05, 4.69) is 35.0 Å². The Morgan fingerprint density at radius 2 is 1.87 bits per heavy atom. The fourth-order valence-electron chi connectivity index (χ4n) is 1.23. The van der Waals surface area contributed by atoms with Gasteiger partial charge in [0.05, 0.1) is 5.69 Å². The van der Waals surface area contributed by atoms with Gasteiger partial charge in [0, 0.05) is 16.9 Å². The van der Waals surface area contributed by atoms with Gasteiger partial charge in [0.25, 0.3) is 0 Å². The van der Waals surface area contributed by atoms with Crippen LogP contribution in [0.3, 0.4) is 0 Å². The van der Waals surface area contributed by atoms with Crippen molar-refractivity contribution in [1.29, 1.82) is 0 Å². The molecule has 0 radical (unpaired) electrons. The molecule has 0 spiro atoms. The first-order chi connectivity index (χ1) is 7.29. The molecule has 0 saturated heterocycles. The summed E-state index contributed by atoms with van der Waals surface area (Å²) in [4.78, 5) is 2.36. The van der Waals surface area contributed by atoms with Gasteiger partial charge in [-0.15, -0.1) is 0 Å². The van der Waals surface area contributed by atoms with E-state index in [1.54, 1.807) is 28.6 Å². The molecule has 0 fully saturated rings. The largest absolute Gasteiger partial charge is 0.192 e. The van der Waals surface area contributed by atoms with E-state index in [4.69, 9.17) is 0 Å². The Kier molecular flexibility index (Phi) is 3.28. The molecule has 76 valence electrons. The van der Waals surface area contributed by atoms with Crippen molar-refractivity contribution in [2.45, 2.75) is 0 Å². The third-order valence-electron chi connectivity index (χ3n) is 1.90. The molecular formula is C11H10N2S2. The average Bonchev–Trinajstić information content (AvgIpc) is 2.67. The zero-order valence-corrected chi connectivity index (χ0v) is 9.94. The number of rotatable bonds is 2. The summed E-state index contributed by atoms with van der Waals surface area (Å²) in [7, 11) is 5.12. The second-order valence-electron chi connectivity index (χ2n) is 2.99. The molecule has 0 aliphatic carbocycles. The van der Waals surface area contributed by atoms with Gasteiger partial charge in [-0.1, -0.05) is 40.3 Å². The summed E-state index contributed by atoms with van der Waals surface area (Å²) in [5, 5.41) is 7.70. The molecule has 0 N–H and O–H groups in total. The Balaban J connectivity index is 2.24. The molecule has 1 aromatic carbocycles. The standard InChI is InChI=1S/C11H10N2S2/c1-8-7-11(15-14-8)9-3-5-10(6-4-9)13-12-2/h3-7H,1H2,2H3. The predicted octanol–water partition coefficient (Wildman–Crippen LogP) is 4.65. The van der Waals surface area contributed by atoms with Crippen LogP contribution in [0, 0.1) is 0 Å². The summed E-state index contributed by atoms with van der Waals surface area (Å²) in [6.45, 7) is 3.91. The zero-order valence-electron chi connectivity index (χ0n) is 8.30. The van der Waals surface area contributed by atoms with Gasteiger partial charge in [0.2, 0.25) is 0 Å². The van der Waals surface area contributed by atoms with Gasteiger partial charge in [-0.05, 0) is 23.8 Å². The van der Waals surface area contributed by atoms with E-state index >= 15 is 0 Å². The topological polar surface area (TPSA) is 24.7 Å². The maximum Gasteiger partial charge on any atom is 0.0852 e. The molecule has 2 rings (SSSR count). The minimum Gasteiger partial charge on any atom is -0.192 e. The van der Waals surface area contributed by atoms with Crippen molar-refractivity contribution in [3.05, 3.63) is 47.4 Å². The van der Waals surface area contributed by atoms with Crippen LogP contribution in [0.5, 0.6) is 0 Å². The number of hydrogen-bond donors (Lipinski definition) is 0. The highest BCUT2D eigenvalue weighted by Crippen LogP contribution is 2.48. The van der Waals surface area contributed by atoms with Gasteiger partial charge in [0.15, 0.2) is 0 Å². The summed E-state index contributed by atoms with van der Waals surface area (Å²) in [6.07, 6.45) is 2.10. The SMILES string of the molecule is C=C1C=C(c2ccc(N=NC)cc2)SS1. The van der Waals surface area contributed by atoms with Crippen molar-refractivity contribution in [3.8, 4) is 0 Å². The average molecular weight is 234 g/mol. The van der Waals surface area contributed by atoms with Gasteiger partial charge in [-0.2, -0.15) is 10.2 Å². The van der Waals surface area contributed by atoms with Crippen LogP contribution in [-0.2, 0) is 0 Å². The Hall–Kier alpha value is -1.000. The van der Waals surface area contributed by atoms with E-state index < -0.39 is 0 Å². The highest BCUT2D eigenvalue weighted by molar-refractivity contribution is 8.82. The Bertz CT molecular complexity index is 432. The zero-order chi connectivity index (χ0) is 10.7. The monoisotopic (exact) mass is 234 g/mol. The van der Waals surface area contributed by atoms with Gasteiger partial charge in [-0.3, -0.25) is 0 Å². The van der Waals surface area contributed by atoms with Crippen molar-refractivity contribution in [2.75, 3.05) is 7.05 Å². The van der Waals surface area contributed by atoms with E-state index in [1.165, 1.54) is 10.5 Å². The van der Waals surface area contributed by atoms with Crippen LogP contribution in [0.25, 0.3) is 4.91 Å². The molecule has 1 heterocycles. The maximum absolute atomic E-state index is 3.97. The fraction of sp³-hybridized carbons (Fsp3) is 0.0909. The molecule has 1 aliphatic heterocycles. The summed E-state index contributed by atoms with van der Waals surface area (Å²) >= 11 is 0. The lowest BCUT2D eigenvalue weighted by atomic mass is 10.2. The van der Waals surface area contributed by atoms with Crippen LogP contribution in [0.1, 0.15) is 5.56 Å². The Labute approximate surface area is 97.0 Å². The second kappa shape index (κ2) is 4.68. The number of nitrogens with zero attached hydrogens (tertiary/aromatic N) is 2. The lowest BCUT2D eigenvalue weighted by Gasteiger charge is -1.99. The number of benzene rings is 1. The molecule has 0 saturated carbocycles. The molecule has 1 aromatic rings. The van der Waals surface area contributed by atoms with Crippen LogP contribution >= 0.6 is 21.6 Å². The van der Waals surface area contributed by atoms with Crippen molar-refractivity contribution in [1.82, 2.24) is 0 Å². The molecule has 15 heavy (non-hydrogen) atoms. The smallest absolute Gasteiger partial charge is 0.0852 e. The quantitative estimate of drug-likeness (QED) is 0.549. The third-order valence-corrected chi connectivity index (χ3v) is 4.28. The summed E-state index contributed by atoms with van der Waals surface area (Å²) in [5.74, 6) is 0. The van der Waals surface area contributed by atoms with Gasteiger partial charge in [-0.25, -0.2) is 0 Å². The van der Waals surface area contributed by atoms with Crippen LogP contribution in [0.4, 0.5) is 5.69 Å². The molecule has 0 atom stereocenters. The molecule has 4 heteroatoms. The van der Waals surface area contributed by atoms with E-state index in [-0.39, 0.29) is 0 Å². The summed E-state index contributed by atoms with van der Waals surface area (Å²) in [5.41, 5.74) is 2.09. The molecule has 0 amide bonds. The lowest BCUT2D eigenvalue weighted by Crippen LogP contribution is -1.75. The van der Waals surface area contributed by atoms with Crippen molar-refractivity contribution >= 4 is 32.2 Å². The van der Waals surface area contributed by atoms with E-state index in [1.807, 2.05) is 12.1 Å². The van der Waals surface area contributed by atoms with E-state index in [0.717, 1.165) is 10.6 Å². The Morgan fingerprint density at radius 3 is 2.40 bits per heavy atom. The predicted molar refractivity (Wildman–Crippen MR) is 69.2 cm³/mol. The van der Waals surface area contributed by atoms with Crippen LogP contribution in [0.2, 0.25) is 0 Å². The van der Waals surface area contributed by atoms with Gasteiger partial charge in [0.1, 0.15) is 0 Å². The van der Waals surface area contributed by atoms with Crippen molar-refractivity contribution < 1.29 is 0 Å². The first-order valence-electron chi connectivity index (χ1n) is 4.45. The lowest BCUT2D eigenvalue weighted by molar-refractivity contribution is 1.17. The normalized spacial score (nSPS) is 16.1. The van der Waals surface area contributed by atoms with Gasteiger partial charge < -0.3 is 0 Å². The van der Waals surface area contributed by atoms with Crippen molar-refractivity contribution in [2.24, 2.45) is 10.2 Å². The molecule has 2 nitrogen and oxygen atoms in total. The molecule has 0 aromatic heterocycles. The highest BCUT2D eigenvalue weighted by atomic mass is 33.1. The molecule has 0 bridgehead atoms. The summed E-state index contributed by atoms with van der Waals surface area (Å²) in [6, 6.07) is 8.05. The maximum atomic E-state index is 3.97. The molecular weight excluding hydrogens is 224 g/mol. The highest BCUT2D eigenvalue weighted by Gasteiger charge is 2.11. The number of allylic oxidation sites excluding steroid dienone is 1. The Morgan fingerprint density at radius 1 is 1.13 bits per heavy atom. The van der Waals surface area contributed by atoms with Gasteiger partial charge >= 0.3 is 0 Å². The third kappa shape index (κ3) is 2.52. The summed E-state index contributed by atoms with van der Waals surface area (Å²) < 4.78 is 0. The van der Waals surface area contributed by atoms with Crippen LogP contribution < -0.4 is 0 Å². The molecule has 1 aliphatic rings. The fourth-order valence-corrected chi connectivity index (χ4v) is 3.26. The minimum absolute atomic E-state index is 0.885. The second-order valence-corrected chi connectivity index (χ2v) is 5.29. The van der Waals surface area contributed by atoms with E-state index in [0.29, 0.717) is 0 Å². The molecule has 0 unspecified atom stereocenters. The first kappa shape index (κ1) is 10.5. The van der Waals surface area contributed by atoms with Crippen LogP contribution in [-0.4, -0.2) is 7.05 Å². The number of hydrogen-bond acceptors (Lipinski definition) is 4. The number of azo groups is 1. The minimum atomic E-state index is 0.885. The van der Waals surface area contributed by atoms with Crippen molar-refractivity contribution in [3.63, 3.8) is 0 Å². The van der Waals surface area contributed by atoms with Crippen LogP contribution in [0.15, 0.2) is 52.1 Å².